The summed E-state index contributed by atoms with van der Waals surface area (Å²) in [5.74, 6) is 2.31. The van der Waals surface area contributed by atoms with Crippen molar-refractivity contribution in [1.29, 1.82) is 0 Å². The number of anilines is 1. The van der Waals surface area contributed by atoms with Gasteiger partial charge in [0.2, 0.25) is 5.91 Å². The second kappa shape index (κ2) is 8.45. The highest BCUT2D eigenvalue weighted by Gasteiger charge is 2.28. The molecule has 1 N–H and O–H groups in total. The lowest BCUT2D eigenvalue weighted by Crippen LogP contribution is -2.46. The van der Waals surface area contributed by atoms with Crippen LogP contribution in [0.2, 0.25) is 0 Å². The Morgan fingerprint density at radius 2 is 1.86 bits per heavy atom. The van der Waals surface area contributed by atoms with Gasteiger partial charge in [-0.25, -0.2) is 0 Å². The minimum absolute atomic E-state index is 0.0416. The first-order chi connectivity index (χ1) is 13.6. The van der Waals surface area contributed by atoms with Gasteiger partial charge in [-0.05, 0) is 37.8 Å². The van der Waals surface area contributed by atoms with Crippen molar-refractivity contribution >= 4 is 17.4 Å². The maximum Gasteiger partial charge on any atom is 0.225 e. The minimum atomic E-state index is 0.0416. The van der Waals surface area contributed by atoms with Gasteiger partial charge in [0.05, 0.1) is 5.92 Å². The normalized spacial score (nSPS) is 21.8. The number of rotatable bonds is 4. The van der Waals surface area contributed by atoms with Gasteiger partial charge in [-0.1, -0.05) is 39.5 Å². The van der Waals surface area contributed by atoms with E-state index in [2.05, 4.69) is 34.3 Å². The average Bonchev–Trinajstić information content (AvgIpc) is 2.97. The lowest BCUT2D eigenvalue weighted by molar-refractivity contribution is -0.126. The predicted molar refractivity (Wildman–Crippen MR) is 109 cm³/mol. The number of carbonyl (C=O) groups excluding carboxylic acids is 1. The van der Waals surface area contributed by atoms with Crippen molar-refractivity contribution in [3.05, 3.63) is 18.0 Å². The Bertz CT molecular complexity index is 808. The Morgan fingerprint density at radius 3 is 2.61 bits per heavy atom. The molecule has 1 unspecified atom stereocenters. The van der Waals surface area contributed by atoms with Gasteiger partial charge in [-0.15, -0.1) is 15.3 Å². The molecule has 3 heterocycles. The SMILES string of the molecule is CC(C)c1nnc2ccc(N3CCCC(C(=O)NC4CCCCCC4)C3)nn12. The van der Waals surface area contributed by atoms with Crippen molar-refractivity contribution in [3.63, 3.8) is 0 Å². The number of aromatic nitrogens is 4. The number of nitrogens with zero attached hydrogens (tertiary/aromatic N) is 5. The molecule has 152 valence electrons. The van der Waals surface area contributed by atoms with Gasteiger partial charge in [0.15, 0.2) is 11.5 Å². The number of nitrogens with one attached hydrogen (secondary N) is 1. The highest BCUT2D eigenvalue weighted by molar-refractivity contribution is 5.79. The van der Waals surface area contributed by atoms with E-state index in [0.717, 1.165) is 56.1 Å². The zero-order chi connectivity index (χ0) is 19.5. The third-order valence-electron chi connectivity index (χ3n) is 6.11. The number of fused-ring (bicyclic) bond motifs is 1. The van der Waals surface area contributed by atoms with Gasteiger partial charge < -0.3 is 10.2 Å². The molecule has 4 rings (SSSR count). The molecule has 28 heavy (non-hydrogen) atoms. The van der Waals surface area contributed by atoms with Gasteiger partial charge >= 0.3 is 0 Å². The maximum absolute atomic E-state index is 12.9. The van der Waals surface area contributed by atoms with Crippen molar-refractivity contribution in [2.75, 3.05) is 18.0 Å². The van der Waals surface area contributed by atoms with Crippen LogP contribution in [0.15, 0.2) is 12.1 Å². The first kappa shape index (κ1) is 19.2. The van der Waals surface area contributed by atoms with E-state index in [1.807, 2.05) is 16.6 Å². The van der Waals surface area contributed by atoms with Gasteiger partial charge in [0.25, 0.3) is 0 Å². The van der Waals surface area contributed by atoms with Crippen LogP contribution < -0.4 is 10.2 Å². The minimum Gasteiger partial charge on any atom is -0.354 e. The zero-order valence-corrected chi connectivity index (χ0v) is 17.1. The molecule has 1 aliphatic heterocycles. The van der Waals surface area contributed by atoms with Crippen LogP contribution in [0.4, 0.5) is 5.82 Å². The molecule has 2 aromatic rings. The summed E-state index contributed by atoms with van der Waals surface area (Å²) in [5.41, 5.74) is 0.770. The molecule has 7 nitrogen and oxygen atoms in total. The highest BCUT2D eigenvalue weighted by Crippen LogP contribution is 2.24. The lowest BCUT2D eigenvalue weighted by Gasteiger charge is -2.33. The molecule has 1 saturated carbocycles. The number of hydrogen-bond donors (Lipinski definition) is 1. The Morgan fingerprint density at radius 1 is 1.07 bits per heavy atom. The van der Waals surface area contributed by atoms with E-state index in [0.29, 0.717) is 6.04 Å². The second-order valence-corrected chi connectivity index (χ2v) is 8.66. The monoisotopic (exact) mass is 384 g/mol. The molecule has 0 radical (unpaired) electrons. The Balaban J connectivity index is 1.45. The van der Waals surface area contributed by atoms with Gasteiger partial charge in [0, 0.05) is 25.0 Å². The summed E-state index contributed by atoms with van der Waals surface area (Å²) in [5, 5.41) is 16.6. The third kappa shape index (κ3) is 4.13. The molecule has 0 spiro atoms. The summed E-state index contributed by atoms with van der Waals surface area (Å²) in [6.45, 7) is 5.86. The molecule has 1 amide bonds. The lowest BCUT2D eigenvalue weighted by atomic mass is 9.96. The third-order valence-corrected chi connectivity index (χ3v) is 6.11. The Labute approximate surface area is 166 Å². The van der Waals surface area contributed by atoms with Crippen LogP contribution in [0, 0.1) is 5.92 Å². The molecular formula is C21H32N6O. The molecular weight excluding hydrogens is 352 g/mol. The summed E-state index contributed by atoms with van der Waals surface area (Å²) < 4.78 is 1.84. The summed E-state index contributed by atoms with van der Waals surface area (Å²) in [7, 11) is 0. The fraction of sp³-hybridized carbons (Fsp3) is 0.714. The molecule has 0 aromatic carbocycles. The number of hydrogen-bond acceptors (Lipinski definition) is 5. The summed E-state index contributed by atoms with van der Waals surface area (Å²) in [6, 6.07) is 4.33. The maximum atomic E-state index is 12.9. The van der Waals surface area contributed by atoms with Crippen molar-refractivity contribution in [3.8, 4) is 0 Å². The van der Waals surface area contributed by atoms with E-state index < -0.39 is 0 Å². The van der Waals surface area contributed by atoms with E-state index in [1.54, 1.807) is 0 Å². The summed E-state index contributed by atoms with van der Waals surface area (Å²) in [6.07, 6.45) is 9.32. The molecule has 1 saturated heterocycles. The molecule has 1 atom stereocenters. The predicted octanol–water partition coefficient (Wildman–Crippen LogP) is 3.30. The first-order valence-corrected chi connectivity index (χ1v) is 10.9. The molecule has 2 fully saturated rings. The summed E-state index contributed by atoms with van der Waals surface area (Å²) >= 11 is 0. The fourth-order valence-corrected chi connectivity index (χ4v) is 4.47. The molecule has 2 aliphatic rings. The van der Waals surface area contributed by atoms with E-state index in [1.165, 1.54) is 25.7 Å². The number of amides is 1. The van der Waals surface area contributed by atoms with Crippen molar-refractivity contribution in [1.82, 2.24) is 25.1 Å². The van der Waals surface area contributed by atoms with E-state index in [-0.39, 0.29) is 17.7 Å². The molecule has 1 aliphatic carbocycles. The first-order valence-electron chi connectivity index (χ1n) is 10.9. The van der Waals surface area contributed by atoms with E-state index >= 15 is 0 Å². The standard InChI is InChI=1S/C21H32N6O/c1-15(2)20-24-23-18-11-12-19(25-27(18)20)26-13-7-8-16(14-26)21(28)22-17-9-5-3-4-6-10-17/h11-12,15-17H,3-10,13-14H2,1-2H3,(H,22,28). The highest BCUT2D eigenvalue weighted by atomic mass is 16.2. The second-order valence-electron chi connectivity index (χ2n) is 8.66. The van der Waals surface area contributed by atoms with Crippen LogP contribution in [0.5, 0.6) is 0 Å². The Kier molecular flexibility index (Phi) is 5.78. The van der Waals surface area contributed by atoms with Gasteiger partial charge in [0.1, 0.15) is 5.82 Å². The topological polar surface area (TPSA) is 75.4 Å². The van der Waals surface area contributed by atoms with Gasteiger partial charge in [-0.3, -0.25) is 4.79 Å². The van der Waals surface area contributed by atoms with Crippen molar-refractivity contribution < 1.29 is 4.79 Å². The van der Waals surface area contributed by atoms with Crippen LogP contribution in [0.25, 0.3) is 5.65 Å². The number of carbonyl (C=O) groups is 1. The molecule has 7 heteroatoms. The van der Waals surface area contributed by atoms with Crippen LogP contribution in [-0.2, 0) is 4.79 Å². The van der Waals surface area contributed by atoms with Crippen molar-refractivity contribution in [2.45, 2.75) is 77.2 Å². The fourth-order valence-electron chi connectivity index (χ4n) is 4.47. The molecule has 2 aromatic heterocycles. The largest absolute Gasteiger partial charge is 0.354 e. The Hall–Kier alpha value is -2.18. The van der Waals surface area contributed by atoms with Crippen LogP contribution >= 0.6 is 0 Å². The van der Waals surface area contributed by atoms with Crippen LogP contribution in [0.3, 0.4) is 0 Å². The van der Waals surface area contributed by atoms with Crippen LogP contribution in [0.1, 0.15) is 77.0 Å². The van der Waals surface area contributed by atoms with Crippen molar-refractivity contribution in [2.24, 2.45) is 5.92 Å². The number of piperidine rings is 1. The smallest absolute Gasteiger partial charge is 0.225 e. The van der Waals surface area contributed by atoms with E-state index in [4.69, 9.17) is 5.10 Å². The van der Waals surface area contributed by atoms with Gasteiger partial charge in [-0.2, -0.15) is 4.52 Å². The summed E-state index contributed by atoms with van der Waals surface area (Å²) in [4.78, 5) is 15.1. The van der Waals surface area contributed by atoms with Crippen LogP contribution in [-0.4, -0.2) is 44.8 Å². The van der Waals surface area contributed by atoms with E-state index in [9.17, 15) is 4.79 Å². The average molecular weight is 385 g/mol. The molecule has 0 bridgehead atoms. The zero-order valence-electron chi connectivity index (χ0n) is 17.1. The quantitative estimate of drug-likeness (QED) is 0.819.